The lowest BCUT2D eigenvalue weighted by atomic mass is 10.0. The van der Waals surface area contributed by atoms with Gasteiger partial charge in [0.05, 0.1) is 5.88 Å². The molecule has 0 spiro atoms. The minimum atomic E-state index is -0.346. The van der Waals surface area contributed by atoms with Gasteiger partial charge in [0.1, 0.15) is 5.82 Å². The van der Waals surface area contributed by atoms with Crippen molar-refractivity contribution in [2.75, 3.05) is 31.3 Å². The number of carbonyl (C=O) groups is 1. The minimum absolute atomic E-state index is 0.0896. The minimum Gasteiger partial charge on any atom is -0.382 e. The van der Waals surface area contributed by atoms with Crippen molar-refractivity contribution in [1.29, 1.82) is 0 Å². The van der Waals surface area contributed by atoms with Gasteiger partial charge in [-0.2, -0.15) is 0 Å². The molecule has 0 atom stereocenters. The summed E-state index contributed by atoms with van der Waals surface area (Å²) in [5, 5.41) is 3.28. The van der Waals surface area contributed by atoms with Gasteiger partial charge < -0.3 is 10.2 Å². The highest BCUT2D eigenvalue weighted by Crippen LogP contribution is 2.22. The number of piperidine rings is 1. The van der Waals surface area contributed by atoms with Crippen LogP contribution in [0.25, 0.3) is 0 Å². The normalized spacial score (nSPS) is 17.4. The molecule has 1 aromatic rings. The fourth-order valence-electron chi connectivity index (χ4n) is 2.32. The summed E-state index contributed by atoms with van der Waals surface area (Å²) in [4.78, 5) is 14.0. The molecule has 1 aliphatic rings. The van der Waals surface area contributed by atoms with Crippen LogP contribution in [0.2, 0.25) is 0 Å². The van der Waals surface area contributed by atoms with E-state index in [2.05, 4.69) is 17.3 Å². The summed E-state index contributed by atoms with van der Waals surface area (Å²) >= 11 is 5.58. The lowest BCUT2D eigenvalue weighted by Gasteiger charge is -2.30. The van der Waals surface area contributed by atoms with Crippen LogP contribution in [0.5, 0.6) is 0 Å². The number of carbonyl (C=O) groups excluding carboxylic acids is 1. The van der Waals surface area contributed by atoms with Crippen LogP contribution < -0.4 is 5.32 Å². The molecule has 19 heavy (non-hydrogen) atoms. The number of benzene rings is 1. The van der Waals surface area contributed by atoms with E-state index in [9.17, 15) is 9.18 Å². The molecule has 0 unspecified atom stereocenters. The molecule has 1 heterocycles. The quantitative estimate of drug-likeness (QED) is 0.682. The van der Waals surface area contributed by atoms with Crippen molar-refractivity contribution >= 4 is 23.1 Å². The molecule has 0 aliphatic carbocycles. The van der Waals surface area contributed by atoms with Crippen molar-refractivity contribution in [2.24, 2.45) is 0 Å². The number of anilines is 1. The Kier molecular flexibility index (Phi) is 4.77. The van der Waals surface area contributed by atoms with Crippen LogP contribution in [-0.4, -0.2) is 42.7 Å². The van der Waals surface area contributed by atoms with Gasteiger partial charge in [-0.15, -0.1) is 11.6 Å². The molecule has 1 fully saturated rings. The number of hydrogen-bond donors (Lipinski definition) is 1. The average Bonchev–Trinajstić information content (AvgIpc) is 2.41. The molecule has 0 radical (unpaired) electrons. The van der Waals surface area contributed by atoms with Gasteiger partial charge >= 0.3 is 0 Å². The zero-order valence-corrected chi connectivity index (χ0v) is 11.7. The van der Waals surface area contributed by atoms with Crippen LogP contribution in [0.1, 0.15) is 23.2 Å². The maximum atomic E-state index is 13.3. The first-order chi connectivity index (χ1) is 9.10. The summed E-state index contributed by atoms with van der Waals surface area (Å²) in [6.45, 7) is 2.01. The Hall–Kier alpha value is -1.13. The zero-order chi connectivity index (χ0) is 13.8. The van der Waals surface area contributed by atoms with Gasteiger partial charge in [-0.25, -0.2) is 4.39 Å². The summed E-state index contributed by atoms with van der Waals surface area (Å²) in [5.74, 6) is -0.619. The predicted octanol–water partition coefficient (Wildman–Crippen LogP) is 2.75. The first-order valence-corrected chi connectivity index (χ1v) is 6.97. The molecule has 1 aliphatic heterocycles. The van der Waals surface area contributed by atoms with Crippen LogP contribution in [0, 0.1) is 5.82 Å². The molecule has 1 N–H and O–H groups in total. The Labute approximate surface area is 117 Å². The van der Waals surface area contributed by atoms with Crippen molar-refractivity contribution in [2.45, 2.75) is 18.9 Å². The number of likely N-dealkylation sites (tertiary alicyclic amines) is 1. The van der Waals surface area contributed by atoms with Crippen LogP contribution in [-0.2, 0) is 0 Å². The third-order valence-corrected chi connectivity index (χ3v) is 3.72. The Morgan fingerprint density at radius 2 is 2.16 bits per heavy atom. The second kappa shape index (κ2) is 6.35. The molecule has 5 heteroatoms. The largest absolute Gasteiger partial charge is 0.382 e. The van der Waals surface area contributed by atoms with Crippen molar-refractivity contribution in [3.05, 3.63) is 29.6 Å². The molecule has 0 bridgehead atoms. The van der Waals surface area contributed by atoms with E-state index in [1.54, 1.807) is 0 Å². The maximum absolute atomic E-state index is 13.3. The van der Waals surface area contributed by atoms with E-state index in [4.69, 9.17) is 11.6 Å². The van der Waals surface area contributed by atoms with E-state index in [0.29, 0.717) is 11.3 Å². The van der Waals surface area contributed by atoms with Gasteiger partial charge in [0.25, 0.3) is 0 Å². The number of hydrogen-bond acceptors (Lipinski definition) is 3. The Morgan fingerprint density at radius 1 is 1.47 bits per heavy atom. The number of Topliss-reactive ketones (excluding diaryl/α,β-unsaturated/α-hetero) is 1. The van der Waals surface area contributed by atoms with Crippen molar-refractivity contribution in [1.82, 2.24) is 4.90 Å². The molecule has 0 amide bonds. The molecule has 1 saturated heterocycles. The average molecular weight is 285 g/mol. The van der Waals surface area contributed by atoms with Gasteiger partial charge in [-0.1, -0.05) is 0 Å². The number of rotatable bonds is 4. The lowest BCUT2D eigenvalue weighted by molar-refractivity contribution is 0.102. The van der Waals surface area contributed by atoms with E-state index in [1.807, 2.05) is 0 Å². The van der Waals surface area contributed by atoms with E-state index < -0.39 is 0 Å². The fourth-order valence-corrected chi connectivity index (χ4v) is 2.47. The maximum Gasteiger partial charge on any atom is 0.179 e. The number of nitrogens with zero attached hydrogens (tertiary/aromatic N) is 1. The second-order valence-corrected chi connectivity index (χ2v) is 5.24. The Balaban J connectivity index is 2.14. The number of alkyl halides is 1. The van der Waals surface area contributed by atoms with Crippen LogP contribution in [0.3, 0.4) is 0 Å². The van der Waals surface area contributed by atoms with Gasteiger partial charge in [0, 0.05) is 17.3 Å². The monoisotopic (exact) mass is 284 g/mol. The highest BCUT2D eigenvalue weighted by Gasteiger charge is 2.19. The molecule has 0 aromatic heterocycles. The van der Waals surface area contributed by atoms with Crippen molar-refractivity contribution < 1.29 is 9.18 Å². The molecule has 3 nitrogen and oxygen atoms in total. The third kappa shape index (κ3) is 3.67. The Bertz CT molecular complexity index is 459. The summed E-state index contributed by atoms with van der Waals surface area (Å²) < 4.78 is 13.3. The molecular weight excluding hydrogens is 267 g/mol. The third-order valence-electron chi connectivity index (χ3n) is 3.48. The molecule has 0 saturated carbocycles. The van der Waals surface area contributed by atoms with E-state index in [0.717, 1.165) is 25.9 Å². The van der Waals surface area contributed by atoms with Gasteiger partial charge in [0.15, 0.2) is 5.78 Å². The first kappa shape index (κ1) is 14.3. The highest BCUT2D eigenvalue weighted by atomic mass is 35.5. The highest BCUT2D eigenvalue weighted by molar-refractivity contribution is 6.31. The predicted molar refractivity (Wildman–Crippen MR) is 75.6 cm³/mol. The van der Waals surface area contributed by atoms with Gasteiger partial charge in [-0.05, 0) is 51.2 Å². The smallest absolute Gasteiger partial charge is 0.179 e. The first-order valence-electron chi connectivity index (χ1n) is 6.44. The molecule has 2 rings (SSSR count). The summed E-state index contributed by atoms with van der Waals surface area (Å²) in [6.07, 6.45) is 1.98. The summed E-state index contributed by atoms with van der Waals surface area (Å²) in [6, 6.07) is 4.44. The van der Waals surface area contributed by atoms with Crippen LogP contribution in [0.4, 0.5) is 10.1 Å². The van der Waals surface area contributed by atoms with E-state index in [1.165, 1.54) is 18.2 Å². The number of halogens is 2. The summed E-state index contributed by atoms with van der Waals surface area (Å²) in [5.41, 5.74) is 1.02. The molecular formula is C14H18ClFN2O. The van der Waals surface area contributed by atoms with Crippen molar-refractivity contribution in [3.63, 3.8) is 0 Å². The fraction of sp³-hybridized carbons (Fsp3) is 0.500. The van der Waals surface area contributed by atoms with E-state index in [-0.39, 0.29) is 23.5 Å². The van der Waals surface area contributed by atoms with Crippen LogP contribution >= 0.6 is 11.6 Å². The lowest BCUT2D eigenvalue weighted by Crippen LogP contribution is -2.37. The number of ketones is 1. The van der Waals surface area contributed by atoms with Crippen molar-refractivity contribution in [3.8, 4) is 0 Å². The SMILES string of the molecule is CN1CCC(Nc2cc(F)ccc2C(=O)CCl)CC1. The zero-order valence-electron chi connectivity index (χ0n) is 11.0. The second-order valence-electron chi connectivity index (χ2n) is 4.97. The van der Waals surface area contributed by atoms with Gasteiger partial charge in [0.2, 0.25) is 0 Å². The van der Waals surface area contributed by atoms with E-state index >= 15 is 0 Å². The summed E-state index contributed by atoms with van der Waals surface area (Å²) in [7, 11) is 2.08. The number of nitrogens with one attached hydrogen (secondary N) is 1. The molecule has 1 aromatic carbocycles. The standard InChI is InChI=1S/C14H18ClFN2O/c1-18-6-4-11(5-7-18)17-13-8-10(16)2-3-12(13)14(19)9-15/h2-3,8,11,17H,4-7,9H2,1H3. The topological polar surface area (TPSA) is 32.3 Å². The molecule has 104 valence electrons. The van der Waals surface area contributed by atoms with Crippen LogP contribution in [0.15, 0.2) is 18.2 Å². The van der Waals surface area contributed by atoms with Gasteiger partial charge in [-0.3, -0.25) is 4.79 Å². The Morgan fingerprint density at radius 3 is 2.79 bits per heavy atom.